The molecule has 0 amide bonds. The fraction of sp³-hybridized carbons (Fsp3) is 0.438. The third kappa shape index (κ3) is 3.53. The van der Waals surface area contributed by atoms with Crippen molar-refractivity contribution >= 4 is 22.5 Å². The number of nitrogens with zero attached hydrogens (tertiary/aromatic N) is 2. The number of hydrogen-bond acceptors (Lipinski definition) is 2. The van der Waals surface area contributed by atoms with Crippen LogP contribution in [-0.2, 0) is 13.1 Å². The summed E-state index contributed by atoms with van der Waals surface area (Å²) in [5.74, 6) is 0. The van der Waals surface area contributed by atoms with E-state index < -0.39 is 0 Å². The van der Waals surface area contributed by atoms with E-state index in [0.717, 1.165) is 30.0 Å². The fourth-order valence-electron chi connectivity index (χ4n) is 2.31. The maximum absolute atomic E-state index is 8.66. The Labute approximate surface area is 125 Å². The largest absolute Gasteiger partial charge is 0.347 e. The molecule has 0 aliphatic heterocycles. The Morgan fingerprint density at radius 3 is 2.90 bits per heavy atom. The molecule has 1 aromatic heterocycles. The number of aryl methyl sites for hydroxylation is 1. The van der Waals surface area contributed by atoms with Crippen molar-refractivity contribution in [1.29, 1.82) is 5.26 Å². The van der Waals surface area contributed by atoms with E-state index in [4.69, 9.17) is 16.9 Å². The lowest BCUT2D eigenvalue weighted by atomic mass is 10.1. The summed E-state index contributed by atoms with van der Waals surface area (Å²) in [6.07, 6.45) is 3.62. The molecule has 2 aromatic rings. The Morgan fingerprint density at radius 1 is 1.40 bits per heavy atom. The van der Waals surface area contributed by atoms with E-state index in [1.807, 2.05) is 12.1 Å². The van der Waals surface area contributed by atoms with Crippen LogP contribution in [0.3, 0.4) is 0 Å². The minimum Gasteiger partial charge on any atom is -0.347 e. The van der Waals surface area contributed by atoms with E-state index in [9.17, 15) is 0 Å². The third-order valence-electron chi connectivity index (χ3n) is 3.32. The molecule has 0 saturated carbocycles. The lowest BCUT2D eigenvalue weighted by Gasteiger charge is -2.06. The zero-order chi connectivity index (χ0) is 14.5. The summed E-state index contributed by atoms with van der Waals surface area (Å²) in [4.78, 5) is 0. The molecule has 0 aliphatic rings. The number of benzene rings is 1. The molecule has 0 atom stereocenters. The SMILES string of the molecule is CC(C)NCc1cn(CCCC#N)c2cc(Cl)ccc12. The highest BCUT2D eigenvalue weighted by molar-refractivity contribution is 6.31. The van der Waals surface area contributed by atoms with Crippen molar-refractivity contribution < 1.29 is 0 Å². The normalized spacial score (nSPS) is 11.2. The first-order valence-corrected chi connectivity index (χ1v) is 7.37. The number of halogens is 1. The van der Waals surface area contributed by atoms with Crippen LogP contribution >= 0.6 is 11.6 Å². The van der Waals surface area contributed by atoms with Gasteiger partial charge in [0.15, 0.2) is 0 Å². The average Bonchev–Trinajstić information content (AvgIpc) is 2.74. The zero-order valence-corrected chi connectivity index (χ0v) is 12.7. The summed E-state index contributed by atoms with van der Waals surface area (Å²) < 4.78 is 2.20. The van der Waals surface area contributed by atoms with Crippen LogP contribution in [0, 0.1) is 11.3 Å². The second-order valence-corrected chi connectivity index (χ2v) is 5.74. The molecule has 106 valence electrons. The predicted molar refractivity (Wildman–Crippen MR) is 83.8 cm³/mol. The van der Waals surface area contributed by atoms with Crippen molar-refractivity contribution in [2.75, 3.05) is 0 Å². The second kappa shape index (κ2) is 6.78. The van der Waals surface area contributed by atoms with Crippen LogP contribution in [0.2, 0.25) is 5.02 Å². The highest BCUT2D eigenvalue weighted by atomic mass is 35.5. The summed E-state index contributed by atoms with van der Waals surface area (Å²) in [7, 11) is 0. The van der Waals surface area contributed by atoms with Gasteiger partial charge in [-0.2, -0.15) is 5.26 Å². The number of aromatic nitrogens is 1. The number of rotatable bonds is 6. The molecule has 0 aliphatic carbocycles. The molecule has 1 aromatic carbocycles. The van der Waals surface area contributed by atoms with E-state index in [1.54, 1.807) is 0 Å². The Bertz CT molecular complexity index is 622. The lowest BCUT2D eigenvalue weighted by molar-refractivity contribution is 0.588. The Hall–Kier alpha value is -1.50. The molecule has 0 unspecified atom stereocenters. The molecular weight excluding hydrogens is 270 g/mol. The molecule has 2 rings (SSSR count). The van der Waals surface area contributed by atoms with Gasteiger partial charge in [-0.25, -0.2) is 0 Å². The molecule has 0 spiro atoms. The first-order valence-electron chi connectivity index (χ1n) is 6.99. The maximum Gasteiger partial charge on any atom is 0.0622 e. The van der Waals surface area contributed by atoms with Gasteiger partial charge in [-0.3, -0.25) is 0 Å². The maximum atomic E-state index is 8.66. The van der Waals surface area contributed by atoms with E-state index in [0.29, 0.717) is 12.5 Å². The van der Waals surface area contributed by atoms with Crippen molar-refractivity contribution in [2.45, 2.75) is 45.8 Å². The minimum atomic E-state index is 0.458. The molecule has 0 bridgehead atoms. The van der Waals surface area contributed by atoms with Crippen LogP contribution in [0.5, 0.6) is 0 Å². The van der Waals surface area contributed by atoms with Crippen LogP contribution in [0.4, 0.5) is 0 Å². The van der Waals surface area contributed by atoms with Gasteiger partial charge in [0.1, 0.15) is 0 Å². The Kier molecular flexibility index (Phi) is 5.05. The van der Waals surface area contributed by atoms with Crippen molar-refractivity contribution in [3.63, 3.8) is 0 Å². The van der Waals surface area contributed by atoms with Gasteiger partial charge < -0.3 is 9.88 Å². The topological polar surface area (TPSA) is 40.8 Å². The van der Waals surface area contributed by atoms with Gasteiger partial charge >= 0.3 is 0 Å². The summed E-state index contributed by atoms with van der Waals surface area (Å²) in [6, 6.07) is 8.66. The minimum absolute atomic E-state index is 0.458. The molecule has 0 saturated heterocycles. The smallest absolute Gasteiger partial charge is 0.0622 e. The second-order valence-electron chi connectivity index (χ2n) is 5.31. The molecule has 3 nitrogen and oxygen atoms in total. The number of nitrogens with one attached hydrogen (secondary N) is 1. The molecule has 4 heteroatoms. The Balaban J connectivity index is 2.31. The predicted octanol–water partition coefficient (Wildman–Crippen LogP) is 4.10. The molecule has 1 heterocycles. The van der Waals surface area contributed by atoms with Gasteiger partial charge in [-0.05, 0) is 24.1 Å². The molecular formula is C16H20ClN3. The number of unbranched alkanes of at least 4 members (excludes halogenated alkanes) is 1. The molecule has 0 radical (unpaired) electrons. The van der Waals surface area contributed by atoms with Crippen LogP contribution < -0.4 is 5.32 Å². The third-order valence-corrected chi connectivity index (χ3v) is 3.55. The van der Waals surface area contributed by atoms with E-state index >= 15 is 0 Å². The lowest BCUT2D eigenvalue weighted by Crippen LogP contribution is -2.21. The van der Waals surface area contributed by atoms with Crippen LogP contribution in [0.15, 0.2) is 24.4 Å². The fourth-order valence-corrected chi connectivity index (χ4v) is 2.48. The van der Waals surface area contributed by atoms with Gasteiger partial charge in [-0.15, -0.1) is 0 Å². The quantitative estimate of drug-likeness (QED) is 0.814. The Morgan fingerprint density at radius 2 is 2.20 bits per heavy atom. The van der Waals surface area contributed by atoms with Gasteiger partial charge in [0.2, 0.25) is 0 Å². The van der Waals surface area contributed by atoms with Crippen molar-refractivity contribution in [3.05, 3.63) is 35.0 Å². The summed E-state index contributed by atoms with van der Waals surface area (Å²) >= 11 is 6.11. The van der Waals surface area contributed by atoms with Crippen molar-refractivity contribution in [2.24, 2.45) is 0 Å². The number of nitriles is 1. The van der Waals surface area contributed by atoms with Gasteiger partial charge in [0.25, 0.3) is 0 Å². The van der Waals surface area contributed by atoms with E-state index in [-0.39, 0.29) is 0 Å². The van der Waals surface area contributed by atoms with Gasteiger partial charge in [0.05, 0.1) is 6.07 Å². The van der Waals surface area contributed by atoms with Crippen molar-refractivity contribution in [3.8, 4) is 6.07 Å². The van der Waals surface area contributed by atoms with Gasteiger partial charge in [0, 0.05) is 47.7 Å². The van der Waals surface area contributed by atoms with E-state index in [2.05, 4.69) is 42.1 Å². The first-order chi connectivity index (χ1) is 9.61. The van der Waals surface area contributed by atoms with Crippen LogP contribution in [0.1, 0.15) is 32.3 Å². The zero-order valence-electron chi connectivity index (χ0n) is 12.0. The first kappa shape index (κ1) is 14.9. The molecule has 0 fully saturated rings. The highest BCUT2D eigenvalue weighted by Crippen LogP contribution is 2.25. The number of fused-ring (bicyclic) bond motifs is 1. The van der Waals surface area contributed by atoms with Crippen LogP contribution in [0.25, 0.3) is 10.9 Å². The summed E-state index contributed by atoms with van der Waals surface area (Å²) in [5.41, 5.74) is 2.43. The highest BCUT2D eigenvalue weighted by Gasteiger charge is 2.09. The van der Waals surface area contributed by atoms with Crippen LogP contribution in [-0.4, -0.2) is 10.6 Å². The average molecular weight is 290 g/mol. The number of hydrogen-bond donors (Lipinski definition) is 1. The molecule has 20 heavy (non-hydrogen) atoms. The summed E-state index contributed by atoms with van der Waals surface area (Å²) in [6.45, 7) is 5.99. The summed E-state index contributed by atoms with van der Waals surface area (Å²) in [5, 5.41) is 14.1. The van der Waals surface area contributed by atoms with Gasteiger partial charge in [-0.1, -0.05) is 31.5 Å². The standard InChI is InChI=1S/C16H20ClN3/c1-12(2)19-10-13-11-20(8-4-3-7-18)16-9-14(17)5-6-15(13)16/h5-6,9,11-12,19H,3-4,8,10H2,1-2H3. The monoisotopic (exact) mass is 289 g/mol. The van der Waals surface area contributed by atoms with E-state index in [1.165, 1.54) is 10.9 Å². The van der Waals surface area contributed by atoms with Crippen molar-refractivity contribution in [1.82, 2.24) is 9.88 Å². The molecule has 1 N–H and O–H groups in total.